The maximum atomic E-state index is 10.5. The molecule has 0 aliphatic heterocycles. The molecule has 0 bridgehead atoms. The predicted molar refractivity (Wildman–Crippen MR) is 76.3 cm³/mol. The summed E-state index contributed by atoms with van der Waals surface area (Å²) in [4.78, 5) is 20.9. The SMILES string of the molecule is CC.CC(=O)NCCOCCOCCOCCC(N)=O. The van der Waals surface area contributed by atoms with Crippen LogP contribution < -0.4 is 11.1 Å². The first-order chi connectivity index (χ1) is 9.63. The van der Waals surface area contributed by atoms with Crippen LogP contribution in [-0.2, 0) is 23.8 Å². The Labute approximate surface area is 121 Å². The quantitative estimate of drug-likeness (QED) is 0.496. The monoisotopic (exact) mass is 292 g/mol. The molecule has 0 saturated carbocycles. The number of ether oxygens (including phenoxy) is 3. The summed E-state index contributed by atoms with van der Waals surface area (Å²) in [6.07, 6.45) is 0.228. The molecule has 7 nitrogen and oxygen atoms in total. The lowest BCUT2D eigenvalue weighted by Gasteiger charge is -2.06. The standard InChI is InChI=1S/C11H22N2O5.C2H6/c1-10(14)13-3-5-17-7-9-18-8-6-16-4-2-11(12)15;1-2/h2-9H2,1H3,(H2,12,15)(H,13,14);1-2H3. The van der Waals surface area contributed by atoms with Crippen molar-refractivity contribution >= 4 is 11.8 Å². The zero-order chi connectivity index (χ0) is 15.6. The second-order valence-corrected chi connectivity index (χ2v) is 3.54. The van der Waals surface area contributed by atoms with Gasteiger partial charge >= 0.3 is 0 Å². The summed E-state index contributed by atoms with van der Waals surface area (Å²) in [5.41, 5.74) is 4.94. The Kier molecular flexibility index (Phi) is 18.8. The summed E-state index contributed by atoms with van der Waals surface area (Å²) >= 11 is 0. The number of carbonyl (C=O) groups is 2. The van der Waals surface area contributed by atoms with E-state index in [9.17, 15) is 9.59 Å². The fourth-order valence-electron chi connectivity index (χ4n) is 1.01. The molecule has 20 heavy (non-hydrogen) atoms. The van der Waals surface area contributed by atoms with Crippen LogP contribution in [0.25, 0.3) is 0 Å². The van der Waals surface area contributed by atoms with Gasteiger partial charge in [-0.05, 0) is 0 Å². The summed E-state index contributed by atoms with van der Waals surface area (Å²) in [7, 11) is 0. The third-order valence-electron chi connectivity index (χ3n) is 1.86. The van der Waals surface area contributed by atoms with Gasteiger partial charge < -0.3 is 25.3 Å². The van der Waals surface area contributed by atoms with E-state index in [0.717, 1.165) is 0 Å². The van der Waals surface area contributed by atoms with Crippen LogP contribution in [0, 0.1) is 0 Å². The van der Waals surface area contributed by atoms with Crippen LogP contribution in [0.3, 0.4) is 0 Å². The molecule has 0 aliphatic rings. The lowest BCUT2D eigenvalue weighted by atomic mass is 10.4. The molecule has 0 aromatic heterocycles. The smallest absolute Gasteiger partial charge is 0.219 e. The Morgan fingerprint density at radius 2 is 1.35 bits per heavy atom. The zero-order valence-corrected chi connectivity index (χ0v) is 12.8. The van der Waals surface area contributed by atoms with Gasteiger partial charge in [-0.3, -0.25) is 9.59 Å². The van der Waals surface area contributed by atoms with Crippen LogP contribution in [0.4, 0.5) is 0 Å². The summed E-state index contributed by atoms with van der Waals surface area (Å²) in [6, 6.07) is 0. The first-order valence-corrected chi connectivity index (χ1v) is 6.89. The highest BCUT2D eigenvalue weighted by molar-refractivity contribution is 5.73. The van der Waals surface area contributed by atoms with Crippen LogP contribution in [0.1, 0.15) is 27.2 Å². The molecule has 120 valence electrons. The third kappa shape index (κ3) is 22.0. The van der Waals surface area contributed by atoms with Gasteiger partial charge in [-0.1, -0.05) is 13.8 Å². The van der Waals surface area contributed by atoms with Crippen molar-refractivity contribution in [2.45, 2.75) is 27.2 Å². The van der Waals surface area contributed by atoms with E-state index < -0.39 is 0 Å². The largest absolute Gasteiger partial charge is 0.379 e. The van der Waals surface area contributed by atoms with Crippen molar-refractivity contribution in [1.82, 2.24) is 5.32 Å². The average molecular weight is 292 g/mol. The molecule has 0 radical (unpaired) electrons. The Balaban J connectivity index is 0. The van der Waals surface area contributed by atoms with Crippen molar-refractivity contribution < 1.29 is 23.8 Å². The fraction of sp³-hybridized carbons (Fsp3) is 0.846. The number of carbonyl (C=O) groups excluding carboxylic acids is 2. The summed E-state index contributed by atoms with van der Waals surface area (Å²) in [6.45, 7) is 8.59. The molecule has 0 saturated heterocycles. The van der Waals surface area contributed by atoms with Crippen molar-refractivity contribution in [2.75, 3.05) is 46.2 Å². The van der Waals surface area contributed by atoms with Crippen LogP contribution in [0.2, 0.25) is 0 Å². The number of hydrogen-bond donors (Lipinski definition) is 2. The maximum Gasteiger partial charge on any atom is 0.219 e. The molecule has 0 spiro atoms. The van der Waals surface area contributed by atoms with Crippen molar-refractivity contribution in [3.8, 4) is 0 Å². The number of rotatable bonds is 12. The number of amides is 2. The van der Waals surface area contributed by atoms with E-state index in [-0.39, 0.29) is 18.2 Å². The predicted octanol–water partition coefficient (Wildman–Crippen LogP) is 0.0739. The Bertz CT molecular complexity index is 213. The Hall–Kier alpha value is -1.18. The van der Waals surface area contributed by atoms with Crippen LogP contribution in [0.5, 0.6) is 0 Å². The van der Waals surface area contributed by atoms with Gasteiger partial charge in [0.25, 0.3) is 0 Å². The van der Waals surface area contributed by atoms with Crippen LogP contribution in [-0.4, -0.2) is 58.0 Å². The normalized spacial score (nSPS) is 9.55. The second-order valence-electron chi connectivity index (χ2n) is 3.54. The first kappa shape index (κ1) is 21.1. The van der Waals surface area contributed by atoms with Crippen molar-refractivity contribution in [1.29, 1.82) is 0 Å². The topological polar surface area (TPSA) is 99.9 Å². The molecule has 2 amide bonds. The Morgan fingerprint density at radius 1 is 0.900 bits per heavy atom. The highest BCUT2D eigenvalue weighted by atomic mass is 16.5. The molecular formula is C13H28N2O5. The van der Waals surface area contributed by atoms with Crippen molar-refractivity contribution in [3.63, 3.8) is 0 Å². The van der Waals surface area contributed by atoms with E-state index in [2.05, 4.69) is 5.32 Å². The number of nitrogens with two attached hydrogens (primary N) is 1. The highest BCUT2D eigenvalue weighted by Crippen LogP contribution is 1.83. The van der Waals surface area contributed by atoms with Gasteiger partial charge in [0.05, 0.1) is 39.6 Å². The molecular weight excluding hydrogens is 264 g/mol. The van der Waals surface area contributed by atoms with Gasteiger partial charge in [-0.15, -0.1) is 0 Å². The van der Waals surface area contributed by atoms with E-state index in [1.54, 1.807) is 0 Å². The Morgan fingerprint density at radius 3 is 1.80 bits per heavy atom. The van der Waals surface area contributed by atoms with E-state index in [1.165, 1.54) is 6.92 Å². The number of nitrogens with one attached hydrogen (secondary N) is 1. The van der Waals surface area contributed by atoms with Gasteiger partial charge in [-0.2, -0.15) is 0 Å². The van der Waals surface area contributed by atoms with Crippen molar-refractivity contribution in [2.24, 2.45) is 5.73 Å². The second kappa shape index (κ2) is 17.8. The molecule has 0 atom stereocenters. The molecule has 0 unspecified atom stereocenters. The van der Waals surface area contributed by atoms with Crippen molar-refractivity contribution in [3.05, 3.63) is 0 Å². The molecule has 0 aromatic carbocycles. The molecule has 0 aromatic rings. The molecule has 7 heteroatoms. The van der Waals surface area contributed by atoms with Gasteiger partial charge in [0.1, 0.15) is 0 Å². The molecule has 0 fully saturated rings. The molecule has 3 N–H and O–H groups in total. The molecule has 0 rings (SSSR count). The van der Waals surface area contributed by atoms with E-state index in [0.29, 0.717) is 46.2 Å². The van der Waals surface area contributed by atoms with E-state index >= 15 is 0 Å². The lowest BCUT2D eigenvalue weighted by Crippen LogP contribution is -2.25. The minimum atomic E-state index is -0.372. The number of hydrogen-bond acceptors (Lipinski definition) is 5. The summed E-state index contributed by atoms with van der Waals surface area (Å²) in [5.74, 6) is -0.438. The summed E-state index contributed by atoms with van der Waals surface area (Å²) in [5, 5.41) is 2.62. The lowest BCUT2D eigenvalue weighted by molar-refractivity contribution is -0.120. The summed E-state index contributed by atoms with van der Waals surface area (Å²) < 4.78 is 15.5. The van der Waals surface area contributed by atoms with E-state index in [4.69, 9.17) is 19.9 Å². The fourth-order valence-corrected chi connectivity index (χ4v) is 1.01. The molecule has 0 aliphatic carbocycles. The molecule has 0 heterocycles. The number of primary amides is 1. The minimum absolute atomic E-state index is 0.0667. The minimum Gasteiger partial charge on any atom is -0.379 e. The van der Waals surface area contributed by atoms with Gasteiger partial charge in [-0.25, -0.2) is 0 Å². The van der Waals surface area contributed by atoms with Gasteiger partial charge in [0.15, 0.2) is 0 Å². The highest BCUT2D eigenvalue weighted by Gasteiger charge is 1.95. The average Bonchev–Trinajstić information content (AvgIpc) is 2.41. The van der Waals surface area contributed by atoms with Crippen LogP contribution >= 0.6 is 0 Å². The zero-order valence-electron chi connectivity index (χ0n) is 12.8. The van der Waals surface area contributed by atoms with E-state index in [1.807, 2.05) is 13.8 Å². The van der Waals surface area contributed by atoms with Gasteiger partial charge in [0, 0.05) is 19.9 Å². The first-order valence-electron chi connectivity index (χ1n) is 6.89. The van der Waals surface area contributed by atoms with Crippen LogP contribution in [0.15, 0.2) is 0 Å². The maximum absolute atomic E-state index is 10.5. The third-order valence-corrected chi connectivity index (χ3v) is 1.86. The van der Waals surface area contributed by atoms with Gasteiger partial charge in [0.2, 0.25) is 11.8 Å².